The minimum atomic E-state index is -4.26. The SMILES string of the molecule is COc1ccc(CCN(C(=O)CN2C(=O)c3ccccc3S2(=O)=O)C(C(=O)NCC2CCCO2)c2ccco2)cc1OC. The molecule has 2 aliphatic rings. The van der Waals surface area contributed by atoms with Gasteiger partial charge in [-0.2, -0.15) is 0 Å². The van der Waals surface area contributed by atoms with Gasteiger partial charge in [0.1, 0.15) is 17.2 Å². The van der Waals surface area contributed by atoms with Gasteiger partial charge in [0.05, 0.1) is 32.2 Å². The number of fused-ring (bicyclic) bond motifs is 1. The van der Waals surface area contributed by atoms with E-state index < -0.39 is 40.3 Å². The first-order valence-corrected chi connectivity index (χ1v) is 15.3. The van der Waals surface area contributed by atoms with Crippen molar-refractivity contribution >= 4 is 27.7 Å². The van der Waals surface area contributed by atoms with Crippen LogP contribution in [0.5, 0.6) is 11.5 Å². The smallest absolute Gasteiger partial charge is 0.269 e. The molecular formula is C30H33N3O9S. The zero-order chi connectivity index (χ0) is 30.6. The Balaban J connectivity index is 1.45. The van der Waals surface area contributed by atoms with Crippen LogP contribution in [0.15, 0.2) is 70.2 Å². The summed E-state index contributed by atoms with van der Waals surface area (Å²) in [5, 5.41) is 2.86. The van der Waals surface area contributed by atoms with Gasteiger partial charge in [0.2, 0.25) is 5.91 Å². The quantitative estimate of drug-likeness (QED) is 0.327. The molecule has 1 saturated heterocycles. The largest absolute Gasteiger partial charge is 0.493 e. The summed E-state index contributed by atoms with van der Waals surface area (Å²) in [6.07, 6.45) is 3.19. The third kappa shape index (κ3) is 6.22. The van der Waals surface area contributed by atoms with Crippen molar-refractivity contribution in [2.45, 2.75) is 36.3 Å². The molecule has 1 fully saturated rings. The van der Waals surface area contributed by atoms with E-state index in [2.05, 4.69) is 5.32 Å². The Morgan fingerprint density at radius 1 is 1.09 bits per heavy atom. The molecule has 0 spiro atoms. The number of carbonyl (C=O) groups excluding carboxylic acids is 3. The number of hydrogen-bond acceptors (Lipinski definition) is 9. The van der Waals surface area contributed by atoms with Crippen molar-refractivity contribution in [1.29, 1.82) is 0 Å². The molecule has 3 aromatic rings. The number of carbonyl (C=O) groups is 3. The summed E-state index contributed by atoms with van der Waals surface area (Å²) in [6.45, 7) is 0.0426. The van der Waals surface area contributed by atoms with Gasteiger partial charge in [-0.3, -0.25) is 14.4 Å². The van der Waals surface area contributed by atoms with Crippen LogP contribution < -0.4 is 14.8 Å². The standard InChI is InChI=1S/C30H33N3O9S/c1-39-23-12-11-20(17-25(23)40-2)13-14-32(27(34)19-33-30(36)22-8-3-4-10-26(22)43(33,37)38)28(24-9-6-16-42-24)29(35)31-18-21-7-5-15-41-21/h3-4,6,8-12,16-17,21,28H,5,7,13-15,18-19H2,1-2H3,(H,31,35). The number of rotatable bonds is 12. The first kappa shape index (κ1) is 30.1. The maximum Gasteiger partial charge on any atom is 0.269 e. The van der Waals surface area contributed by atoms with Crippen molar-refractivity contribution in [3.05, 3.63) is 77.7 Å². The molecule has 0 bridgehead atoms. The van der Waals surface area contributed by atoms with Crippen molar-refractivity contribution in [2.24, 2.45) is 0 Å². The van der Waals surface area contributed by atoms with Gasteiger partial charge in [-0.05, 0) is 61.2 Å². The van der Waals surface area contributed by atoms with E-state index in [4.69, 9.17) is 18.6 Å². The summed E-state index contributed by atoms with van der Waals surface area (Å²) in [5.41, 5.74) is 0.759. The second kappa shape index (κ2) is 12.9. The highest BCUT2D eigenvalue weighted by Gasteiger charge is 2.44. The van der Waals surface area contributed by atoms with E-state index in [9.17, 15) is 22.8 Å². The van der Waals surface area contributed by atoms with Crippen molar-refractivity contribution in [2.75, 3.05) is 40.5 Å². The maximum atomic E-state index is 14.0. The molecule has 1 N–H and O–H groups in total. The average molecular weight is 612 g/mol. The van der Waals surface area contributed by atoms with Crippen LogP contribution in [-0.4, -0.2) is 81.9 Å². The highest BCUT2D eigenvalue weighted by atomic mass is 32.2. The molecular weight excluding hydrogens is 578 g/mol. The third-order valence-electron chi connectivity index (χ3n) is 7.50. The highest BCUT2D eigenvalue weighted by Crippen LogP contribution is 2.32. The lowest BCUT2D eigenvalue weighted by atomic mass is 10.1. The van der Waals surface area contributed by atoms with Gasteiger partial charge < -0.3 is 28.8 Å². The first-order valence-electron chi connectivity index (χ1n) is 13.8. The Hall–Kier alpha value is -4.36. The summed E-state index contributed by atoms with van der Waals surface area (Å²) in [7, 11) is -1.23. The lowest BCUT2D eigenvalue weighted by molar-refractivity contribution is -0.141. The molecule has 3 amide bonds. The second-order valence-corrected chi connectivity index (χ2v) is 12.0. The van der Waals surface area contributed by atoms with Gasteiger partial charge in [-0.15, -0.1) is 0 Å². The molecule has 228 valence electrons. The molecule has 2 unspecified atom stereocenters. The van der Waals surface area contributed by atoms with Gasteiger partial charge in [-0.1, -0.05) is 18.2 Å². The van der Waals surface area contributed by atoms with E-state index in [1.165, 1.54) is 43.6 Å². The molecule has 0 aliphatic carbocycles. The van der Waals surface area contributed by atoms with E-state index in [-0.39, 0.29) is 41.8 Å². The van der Waals surface area contributed by atoms with Gasteiger partial charge in [0, 0.05) is 19.7 Å². The van der Waals surface area contributed by atoms with E-state index >= 15 is 0 Å². The number of benzene rings is 2. The Morgan fingerprint density at radius 2 is 1.88 bits per heavy atom. The number of ether oxygens (including phenoxy) is 3. The minimum absolute atomic E-state index is 0.0101. The summed E-state index contributed by atoms with van der Waals surface area (Å²) in [4.78, 5) is 41.9. The van der Waals surface area contributed by atoms with E-state index in [0.29, 0.717) is 22.4 Å². The van der Waals surface area contributed by atoms with Crippen LogP contribution in [0.1, 0.15) is 40.6 Å². The number of hydrogen-bond donors (Lipinski definition) is 1. The number of methoxy groups -OCH3 is 2. The number of nitrogens with one attached hydrogen (secondary N) is 1. The van der Waals surface area contributed by atoms with Crippen LogP contribution in [0.4, 0.5) is 0 Å². The molecule has 2 aromatic carbocycles. The van der Waals surface area contributed by atoms with Crippen molar-refractivity contribution in [3.63, 3.8) is 0 Å². The van der Waals surface area contributed by atoms with Crippen molar-refractivity contribution in [3.8, 4) is 11.5 Å². The molecule has 2 aliphatic heterocycles. The Kier molecular flexibility index (Phi) is 9.02. The second-order valence-electron chi connectivity index (χ2n) is 10.1. The fourth-order valence-electron chi connectivity index (χ4n) is 5.27. The van der Waals surface area contributed by atoms with E-state index in [1.54, 1.807) is 36.4 Å². The molecule has 5 rings (SSSR count). The monoisotopic (exact) mass is 611 g/mol. The van der Waals surface area contributed by atoms with Crippen LogP contribution in [0.25, 0.3) is 0 Å². The Morgan fingerprint density at radius 3 is 2.56 bits per heavy atom. The summed E-state index contributed by atoms with van der Waals surface area (Å²) < 4.78 is 49.0. The summed E-state index contributed by atoms with van der Waals surface area (Å²) >= 11 is 0. The molecule has 1 aromatic heterocycles. The van der Waals surface area contributed by atoms with Crippen LogP contribution in [0.2, 0.25) is 0 Å². The average Bonchev–Trinajstić information content (AvgIpc) is 3.78. The molecule has 2 atom stereocenters. The minimum Gasteiger partial charge on any atom is -0.493 e. The third-order valence-corrected chi connectivity index (χ3v) is 9.29. The number of nitrogens with zero attached hydrogens (tertiary/aromatic N) is 2. The van der Waals surface area contributed by atoms with Crippen LogP contribution in [-0.2, 0) is 30.8 Å². The lowest BCUT2D eigenvalue weighted by Gasteiger charge is -2.31. The molecule has 0 saturated carbocycles. The first-order chi connectivity index (χ1) is 20.7. The van der Waals surface area contributed by atoms with Crippen molar-refractivity contribution in [1.82, 2.24) is 14.5 Å². The lowest BCUT2D eigenvalue weighted by Crippen LogP contribution is -2.49. The topological polar surface area (TPSA) is 145 Å². The maximum absolute atomic E-state index is 14.0. The summed E-state index contributed by atoms with van der Waals surface area (Å²) in [6, 6.07) is 13.0. The molecule has 43 heavy (non-hydrogen) atoms. The van der Waals surface area contributed by atoms with Gasteiger partial charge >= 0.3 is 0 Å². The van der Waals surface area contributed by atoms with Crippen LogP contribution in [0.3, 0.4) is 0 Å². The van der Waals surface area contributed by atoms with Gasteiger partial charge in [0.15, 0.2) is 17.5 Å². The van der Waals surface area contributed by atoms with Crippen LogP contribution >= 0.6 is 0 Å². The normalized spacial score (nSPS) is 17.8. The predicted molar refractivity (Wildman–Crippen MR) is 153 cm³/mol. The predicted octanol–water partition coefficient (Wildman–Crippen LogP) is 2.55. The number of furan rings is 1. The fourth-order valence-corrected chi connectivity index (χ4v) is 6.79. The zero-order valence-corrected chi connectivity index (χ0v) is 24.7. The molecule has 12 nitrogen and oxygen atoms in total. The number of sulfonamides is 1. The van der Waals surface area contributed by atoms with Crippen molar-refractivity contribution < 1.29 is 41.4 Å². The molecule has 0 radical (unpaired) electrons. The molecule has 3 heterocycles. The Labute approximate surface area is 249 Å². The fraction of sp³-hybridized carbons (Fsp3) is 0.367. The van der Waals surface area contributed by atoms with Gasteiger partial charge in [0.25, 0.3) is 21.8 Å². The summed E-state index contributed by atoms with van der Waals surface area (Å²) in [5.74, 6) is -0.880. The zero-order valence-electron chi connectivity index (χ0n) is 23.9. The van der Waals surface area contributed by atoms with E-state index in [1.807, 2.05) is 0 Å². The highest BCUT2D eigenvalue weighted by molar-refractivity contribution is 7.90. The van der Waals surface area contributed by atoms with Crippen LogP contribution in [0, 0.1) is 0 Å². The Bertz CT molecular complexity index is 1580. The molecule has 13 heteroatoms. The van der Waals surface area contributed by atoms with Gasteiger partial charge in [-0.25, -0.2) is 12.7 Å². The number of amides is 3. The van der Waals surface area contributed by atoms with E-state index in [0.717, 1.165) is 18.4 Å².